The number of carbonyl (C=O) groups is 4. The zero-order chi connectivity index (χ0) is 31.8. The predicted octanol–water partition coefficient (Wildman–Crippen LogP) is 6.00. The van der Waals surface area contributed by atoms with Gasteiger partial charge in [0, 0.05) is 31.5 Å². The Kier molecular flexibility index (Phi) is 13.8. The van der Waals surface area contributed by atoms with Gasteiger partial charge in [0.2, 0.25) is 0 Å². The molecule has 1 aromatic carbocycles. The van der Waals surface area contributed by atoms with E-state index < -0.39 is 12.2 Å². The van der Waals surface area contributed by atoms with E-state index in [4.69, 9.17) is 18.9 Å². The van der Waals surface area contributed by atoms with E-state index in [1.165, 1.54) is 0 Å². The monoisotopic (exact) mass is 612 g/mol. The first-order valence-electron chi connectivity index (χ1n) is 15.6. The highest BCUT2D eigenvalue weighted by atomic mass is 16.6. The van der Waals surface area contributed by atoms with Crippen LogP contribution in [0.1, 0.15) is 77.7 Å². The first kappa shape index (κ1) is 34.7. The number of allylic oxidation sites excluding steroid dienone is 3. The lowest BCUT2D eigenvalue weighted by molar-refractivity contribution is -0.147. The number of carbonyl (C=O) groups excluding carboxylic acids is 4. The number of esters is 2. The van der Waals surface area contributed by atoms with E-state index in [0.717, 1.165) is 43.4 Å². The third kappa shape index (κ3) is 13.7. The molecule has 0 radical (unpaired) electrons. The smallest absolute Gasteiger partial charge is 0.411 e. The average molecular weight is 613 g/mol. The molecule has 2 amide bonds. The van der Waals surface area contributed by atoms with Crippen molar-refractivity contribution in [3.8, 4) is 0 Å². The lowest BCUT2D eigenvalue weighted by Crippen LogP contribution is -2.44. The minimum absolute atomic E-state index is 0.00212. The number of alkyl carbamates (subject to hydrolysis) is 2. The van der Waals surface area contributed by atoms with Gasteiger partial charge in [-0.15, -0.1) is 0 Å². The fourth-order valence-corrected chi connectivity index (χ4v) is 6.25. The number of ether oxygens (including phenoxy) is 4. The SMILES string of the molecule is CC1(C)CC(CC(=O)OCCCOC(=O)Cc2ccccc2)CC(C)(CNC(=O)OCCCOC(=O)NC2=CCCC=C2)C1. The van der Waals surface area contributed by atoms with Gasteiger partial charge in [-0.25, -0.2) is 9.59 Å². The summed E-state index contributed by atoms with van der Waals surface area (Å²) in [4.78, 5) is 48.7. The second kappa shape index (κ2) is 17.5. The van der Waals surface area contributed by atoms with Crippen LogP contribution in [0.4, 0.5) is 9.59 Å². The fourth-order valence-electron chi connectivity index (χ4n) is 6.25. The lowest BCUT2D eigenvalue weighted by atomic mass is 9.60. The van der Waals surface area contributed by atoms with Gasteiger partial charge in [-0.3, -0.25) is 14.9 Å². The van der Waals surface area contributed by atoms with Crippen LogP contribution in [-0.2, 0) is 35.0 Å². The van der Waals surface area contributed by atoms with E-state index in [1.807, 2.05) is 48.6 Å². The van der Waals surface area contributed by atoms with Crippen molar-refractivity contribution in [2.24, 2.45) is 16.7 Å². The molecule has 242 valence electrons. The normalized spacial score (nSPS) is 20.5. The molecule has 2 atom stereocenters. The quantitative estimate of drug-likeness (QED) is 0.140. The van der Waals surface area contributed by atoms with E-state index in [1.54, 1.807) is 0 Å². The molecule has 1 saturated carbocycles. The van der Waals surface area contributed by atoms with E-state index in [2.05, 4.69) is 31.4 Å². The lowest BCUT2D eigenvalue weighted by Gasteiger charge is -2.46. The van der Waals surface area contributed by atoms with Crippen molar-refractivity contribution in [1.82, 2.24) is 10.6 Å². The van der Waals surface area contributed by atoms with Crippen LogP contribution in [-0.4, -0.2) is 57.1 Å². The van der Waals surface area contributed by atoms with E-state index in [0.29, 0.717) is 25.8 Å². The molecule has 2 aliphatic carbocycles. The molecule has 0 bridgehead atoms. The Morgan fingerprint density at radius 3 is 2.16 bits per heavy atom. The third-order valence-electron chi connectivity index (χ3n) is 7.65. The highest BCUT2D eigenvalue weighted by Crippen LogP contribution is 2.49. The van der Waals surface area contributed by atoms with Crippen LogP contribution in [0.3, 0.4) is 0 Å². The maximum Gasteiger partial charge on any atom is 0.411 e. The number of rotatable bonds is 15. The molecule has 2 N–H and O–H groups in total. The Morgan fingerprint density at radius 1 is 0.818 bits per heavy atom. The van der Waals surface area contributed by atoms with Gasteiger partial charge in [-0.1, -0.05) is 63.3 Å². The van der Waals surface area contributed by atoms with Crippen molar-refractivity contribution in [1.29, 1.82) is 0 Å². The maximum absolute atomic E-state index is 12.6. The largest absolute Gasteiger partial charge is 0.466 e. The topological polar surface area (TPSA) is 129 Å². The summed E-state index contributed by atoms with van der Waals surface area (Å²) in [5.74, 6) is -0.440. The number of hydrogen-bond donors (Lipinski definition) is 2. The van der Waals surface area contributed by atoms with Crippen LogP contribution < -0.4 is 10.6 Å². The van der Waals surface area contributed by atoms with Gasteiger partial charge in [0.1, 0.15) is 0 Å². The number of benzene rings is 1. The maximum atomic E-state index is 12.6. The van der Waals surface area contributed by atoms with Crippen LogP contribution >= 0.6 is 0 Å². The summed E-state index contributed by atoms with van der Waals surface area (Å²) in [6.07, 6.45) is 10.5. The van der Waals surface area contributed by atoms with Crippen molar-refractivity contribution in [2.75, 3.05) is 33.0 Å². The highest BCUT2D eigenvalue weighted by Gasteiger charge is 2.42. The molecular weight excluding hydrogens is 564 g/mol. The average Bonchev–Trinajstić information content (AvgIpc) is 2.96. The molecule has 0 spiro atoms. The summed E-state index contributed by atoms with van der Waals surface area (Å²) >= 11 is 0. The fraction of sp³-hybridized carbons (Fsp3) is 0.588. The minimum atomic E-state index is -0.529. The number of hydrogen-bond acceptors (Lipinski definition) is 8. The standard InChI is InChI=1S/C34H48N2O8/c1-33(2)22-27(21-30(38)42-17-10-16-41-29(37)20-26-12-6-4-7-13-26)23-34(3,24-33)25-35-31(39)43-18-11-19-44-32(40)36-28-14-8-5-9-15-28/h4,6-8,12-15,27H,5,9-11,16-25H2,1-3H3,(H,35,39)(H,36,40). The van der Waals surface area contributed by atoms with Crippen molar-refractivity contribution in [3.05, 3.63) is 59.8 Å². The van der Waals surface area contributed by atoms with Crippen LogP contribution in [0.5, 0.6) is 0 Å². The van der Waals surface area contributed by atoms with Crippen molar-refractivity contribution < 1.29 is 38.1 Å². The van der Waals surface area contributed by atoms with Gasteiger partial charge in [0.05, 0.1) is 32.8 Å². The molecule has 10 heteroatoms. The molecule has 44 heavy (non-hydrogen) atoms. The molecular formula is C34H48N2O8. The van der Waals surface area contributed by atoms with Gasteiger partial charge in [-0.05, 0) is 60.5 Å². The summed E-state index contributed by atoms with van der Waals surface area (Å²) in [6, 6.07) is 9.40. The first-order valence-corrected chi connectivity index (χ1v) is 15.6. The van der Waals surface area contributed by atoms with E-state index in [-0.39, 0.29) is 61.5 Å². The molecule has 0 aromatic heterocycles. The predicted molar refractivity (Wildman–Crippen MR) is 165 cm³/mol. The van der Waals surface area contributed by atoms with Gasteiger partial charge in [0.15, 0.2) is 0 Å². The van der Waals surface area contributed by atoms with Crippen LogP contribution in [0, 0.1) is 16.7 Å². The van der Waals surface area contributed by atoms with Crippen molar-refractivity contribution >= 4 is 24.1 Å². The Balaban J connectivity index is 1.28. The Morgan fingerprint density at radius 2 is 1.48 bits per heavy atom. The number of nitrogens with one attached hydrogen (secondary N) is 2. The molecule has 2 aliphatic rings. The minimum Gasteiger partial charge on any atom is -0.466 e. The summed E-state index contributed by atoms with van der Waals surface area (Å²) in [5.41, 5.74) is 1.41. The van der Waals surface area contributed by atoms with Gasteiger partial charge < -0.3 is 24.3 Å². The molecule has 3 rings (SSSR count). The number of amides is 2. The molecule has 10 nitrogen and oxygen atoms in total. The summed E-state index contributed by atoms with van der Waals surface area (Å²) < 4.78 is 21.1. The zero-order valence-corrected chi connectivity index (χ0v) is 26.4. The van der Waals surface area contributed by atoms with Crippen LogP contribution in [0.15, 0.2) is 54.3 Å². The third-order valence-corrected chi connectivity index (χ3v) is 7.65. The molecule has 2 unspecified atom stereocenters. The van der Waals surface area contributed by atoms with Gasteiger partial charge in [0.25, 0.3) is 0 Å². The highest BCUT2D eigenvalue weighted by molar-refractivity contribution is 5.72. The summed E-state index contributed by atoms with van der Waals surface area (Å²) in [6.45, 7) is 7.58. The molecule has 0 aliphatic heterocycles. The van der Waals surface area contributed by atoms with E-state index in [9.17, 15) is 19.2 Å². The van der Waals surface area contributed by atoms with Crippen LogP contribution in [0.25, 0.3) is 0 Å². The Bertz CT molecular complexity index is 1160. The van der Waals surface area contributed by atoms with Gasteiger partial charge >= 0.3 is 24.1 Å². The summed E-state index contributed by atoms with van der Waals surface area (Å²) in [7, 11) is 0. The van der Waals surface area contributed by atoms with Gasteiger partial charge in [-0.2, -0.15) is 0 Å². The summed E-state index contributed by atoms with van der Waals surface area (Å²) in [5, 5.41) is 5.55. The Labute approximate surface area is 260 Å². The van der Waals surface area contributed by atoms with Crippen molar-refractivity contribution in [2.45, 2.75) is 78.6 Å². The molecule has 1 fully saturated rings. The first-order chi connectivity index (χ1) is 21.0. The molecule has 1 aromatic rings. The van der Waals surface area contributed by atoms with E-state index >= 15 is 0 Å². The van der Waals surface area contributed by atoms with Crippen molar-refractivity contribution in [3.63, 3.8) is 0 Å². The second-order valence-electron chi connectivity index (χ2n) is 12.8. The Hall–Kier alpha value is -3.82. The van der Waals surface area contributed by atoms with Crippen LogP contribution in [0.2, 0.25) is 0 Å². The molecule has 0 heterocycles. The second-order valence-corrected chi connectivity index (χ2v) is 12.8. The molecule has 0 saturated heterocycles. The zero-order valence-electron chi connectivity index (χ0n) is 26.4.